The molecule has 0 saturated heterocycles. The summed E-state index contributed by atoms with van der Waals surface area (Å²) in [5, 5.41) is 3.50. The standard InChI is InChI=1S/C13H19NS/c1-15-13-6-4-12(5-7-13)10-14-9-8-11-2-3-11/h4-7,11,14H,2-3,8-10H2,1H3. The van der Waals surface area contributed by atoms with Crippen LogP contribution >= 0.6 is 11.8 Å². The van der Waals surface area contributed by atoms with Crippen molar-refractivity contribution in [1.82, 2.24) is 5.32 Å². The first-order valence-corrected chi connectivity index (χ1v) is 6.94. The minimum Gasteiger partial charge on any atom is -0.313 e. The summed E-state index contributed by atoms with van der Waals surface area (Å²) in [4.78, 5) is 1.34. The van der Waals surface area contributed by atoms with E-state index >= 15 is 0 Å². The van der Waals surface area contributed by atoms with Gasteiger partial charge in [0.05, 0.1) is 0 Å². The van der Waals surface area contributed by atoms with Crippen molar-refractivity contribution in [2.45, 2.75) is 30.7 Å². The van der Waals surface area contributed by atoms with E-state index in [1.54, 1.807) is 11.8 Å². The van der Waals surface area contributed by atoms with Crippen molar-refractivity contribution in [2.75, 3.05) is 12.8 Å². The van der Waals surface area contributed by atoms with Crippen molar-refractivity contribution < 1.29 is 0 Å². The Kier molecular flexibility index (Phi) is 4.09. The molecule has 82 valence electrons. The third-order valence-electron chi connectivity index (χ3n) is 2.91. The van der Waals surface area contributed by atoms with Gasteiger partial charge in [0.15, 0.2) is 0 Å². The minimum atomic E-state index is 1.02. The van der Waals surface area contributed by atoms with E-state index in [0.717, 1.165) is 12.5 Å². The van der Waals surface area contributed by atoms with Gasteiger partial charge in [-0.25, -0.2) is 0 Å². The van der Waals surface area contributed by atoms with Gasteiger partial charge in [0.2, 0.25) is 0 Å². The van der Waals surface area contributed by atoms with Crippen LogP contribution in [0.1, 0.15) is 24.8 Å². The monoisotopic (exact) mass is 221 g/mol. The molecule has 0 atom stereocenters. The van der Waals surface area contributed by atoms with Gasteiger partial charge in [-0.1, -0.05) is 25.0 Å². The number of thioether (sulfide) groups is 1. The second-order valence-electron chi connectivity index (χ2n) is 4.26. The Balaban J connectivity index is 1.67. The van der Waals surface area contributed by atoms with E-state index in [2.05, 4.69) is 35.8 Å². The van der Waals surface area contributed by atoms with Gasteiger partial charge in [0, 0.05) is 11.4 Å². The molecule has 2 rings (SSSR count). The van der Waals surface area contributed by atoms with Gasteiger partial charge in [-0.15, -0.1) is 11.8 Å². The van der Waals surface area contributed by atoms with E-state index in [9.17, 15) is 0 Å². The van der Waals surface area contributed by atoms with Crippen LogP contribution in [0.5, 0.6) is 0 Å². The SMILES string of the molecule is CSc1ccc(CNCCC2CC2)cc1. The van der Waals surface area contributed by atoms with Gasteiger partial charge < -0.3 is 5.32 Å². The van der Waals surface area contributed by atoms with Crippen molar-refractivity contribution >= 4 is 11.8 Å². The fraction of sp³-hybridized carbons (Fsp3) is 0.538. The third kappa shape index (κ3) is 3.88. The predicted octanol–water partition coefficient (Wildman–Crippen LogP) is 3.30. The molecule has 1 aliphatic rings. The van der Waals surface area contributed by atoms with Crippen molar-refractivity contribution in [1.29, 1.82) is 0 Å². The van der Waals surface area contributed by atoms with Gasteiger partial charge in [-0.3, -0.25) is 0 Å². The Morgan fingerprint density at radius 3 is 2.60 bits per heavy atom. The summed E-state index contributed by atoms with van der Waals surface area (Å²) in [6, 6.07) is 8.83. The molecular weight excluding hydrogens is 202 g/mol. The fourth-order valence-electron chi connectivity index (χ4n) is 1.69. The van der Waals surface area contributed by atoms with Crippen LogP contribution < -0.4 is 5.32 Å². The van der Waals surface area contributed by atoms with Crippen LogP contribution in [0.2, 0.25) is 0 Å². The Bertz CT molecular complexity index is 290. The van der Waals surface area contributed by atoms with E-state index in [1.807, 2.05) is 0 Å². The zero-order valence-electron chi connectivity index (χ0n) is 9.33. The Labute approximate surface area is 96.7 Å². The molecular formula is C13H19NS. The topological polar surface area (TPSA) is 12.0 Å². The number of benzene rings is 1. The van der Waals surface area contributed by atoms with Crippen LogP contribution in [-0.2, 0) is 6.54 Å². The van der Waals surface area contributed by atoms with Gasteiger partial charge in [-0.2, -0.15) is 0 Å². The van der Waals surface area contributed by atoms with Crippen molar-refractivity contribution in [3.8, 4) is 0 Å². The predicted molar refractivity (Wildman–Crippen MR) is 67.3 cm³/mol. The summed E-state index contributed by atoms with van der Waals surface area (Å²) in [5.41, 5.74) is 1.39. The molecule has 15 heavy (non-hydrogen) atoms. The number of hydrogen-bond acceptors (Lipinski definition) is 2. The second-order valence-corrected chi connectivity index (χ2v) is 5.14. The average Bonchev–Trinajstić information content (AvgIpc) is 3.09. The summed E-state index contributed by atoms with van der Waals surface area (Å²) in [5.74, 6) is 1.04. The molecule has 0 radical (unpaired) electrons. The molecule has 0 unspecified atom stereocenters. The van der Waals surface area contributed by atoms with E-state index < -0.39 is 0 Å². The highest BCUT2D eigenvalue weighted by molar-refractivity contribution is 7.98. The average molecular weight is 221 g/mol. The van der Waals surface area contributed by atoms with Gasteiger partial charge >= 0.3 is 0 Å². The van der Waals surface area contributed by atoms with E-state index in [-0.39, 0.29) is 0 Å². The Morgan fingerprint density at radius 1 is 1.27 bits per heavy atom. The lowest BCUT2D eigenvalue weighted by atomic mass is 10.2. The van der Waals surface area contributed by atoms with Crippen molar-refractivity contribution in [3.63, 3.8) is 0 Å². The van der Waals surface area contributed by atoms with Gasteiger partial charge in [-0.05, 0) is 42.8 Å². The molecule has 0 aromatic heterocycles. The molecule has 1 nitrogen and oxygen atoms in total. The highest BCUT2D eigenvalue weighted by Gasteiger charge is 2.19. The van der Waals surface area contributed by atoms with Crippen molar-refractivity contribution in [3.05, 3.63) is 29.8 Å². The molecule has 1 N–H and O–H groups in total. The van der Waals surface area contributed by atoms with E-state index in [0.29, 0.717) is 0 Å². The molecule has 0 spiro atoms. The molecule has 0 amide bonds. The molecule has 0 aliphatic heterocycles. The number of nitrogens with one attached hydrogen (secondary N) is 1. The number of rotatable bonds is 6. The fourth-order valence-corrected chi connectivity index (χ4v) is 2.10. The van der Waals surface area contributed by atoms with Crippen molar-refractivity contribution in [2.24, 2.45) is 5.92 Å². The van der Waals surface area contributed by atoms with Crippen LogP contribution in [-0.4, -0.2) is 12.8 Å². The molecule has 1 saturated carbocycles. The lowest BCUT2D eigenvalue weighted by Gasteiger charge is -2.04. The smallest absolute Gasteiger partial charge is 0.0205 e. The summed E-state index contributed by atoms with van der Waals surface area (Å²) in [7, 11) is 0. The lowest BCUT2D eigenvalue weighted by Crippen LogP contribution is -2.14. The third-order valence-corrected chi connectivity index (χ3v) is 3.66. The zero-order valence-corrected chi connectivity index (χ0v) is 10.1. The first kappa shape index (κ1) is 11.0. The maximum Gasteiger partial charge on any atom is 0.0205 e. The molecule has 1 aliphatic carbocycles. The first-order valence-electron chi connectivity index (χ1n) is 5.72. The quantitative estimate of drug-likeness (QED) is 0.584. The largest absolute Gasteiger partial charge is 0.313 e. The molecule has 1 fully saturated rings. The molecule has 1 aromatic carbocycles. The van der Waals surface area contributed by atoms with Crippen LogP contribution in [0.3, 0.4) is 0 Å². The van der Waals surface area contributed by atoms with Crippen LogP contribution in [0.25, 0.3) is 0 Å². The molecule has 2 heteroatoms. The minimum absolute atomic E-state index is 1.02. The Morgan fingerprint density at radius 2 is 2.00 bits per heavy atom. The molecule has 1 aromatic rings. The summed E-state index contributed by atoms with van der Waals surface area (Å²) >= 11 is 1.80. The van der Waals surface area contributed by atoms with Gasteiger partial charge in [0.1, 0.15) is 0 Å². The van der Waals surface area contributed by atoms with E-state index in [1.165, 1.54) is 36.3 Å². The van der Waals surface area contributed by atoms with E-state index in [4.69, 9.17) is 0 Å². The van der Waals surface area contributed by atoms with Crippen LogP contribution in [0.4, 0.5) is 0 Å². The van der Waals surface area contributed by atoms with Crippen LogP contribution in [0, 0.1) is 5.92 Å². The zero-order chi connectivity index (χ0) is 10.5. The lowest BCUT2D eigenvalue weighted by molar-refractivity contribution is 0.613. The highest BCUT2D eigenvalue weighted by atomic mass is 32.2. The summed E-state index contributed by atoms with van der Waals surface area (Å²) < 4.78 is 0. The van der Waals surface area contributed by atoms with Gasteiger partial charge in [0.25, 0.3) is 0 Å². The second kappa shape index (κ2) is 5.57. The summed E-state index contributed by atoms with van der Waals surface area (Å²) in [6.07, 6.45) is 6.40. The number of hydrogen-bond donors (Lipinski definition) is 1. The van der Waals surface area contributed by atoms with Crippen LogP contribution in [0.15, 0.2) is 29.2 Å². The normalized spacial score (nSPS) is 15.5. The maximum absolute atomic E-state index is 3.50. The molecule has 0 bridgehead atoms. The highest BCUT2D eigenvalue weighted by Crippen LogP contribution is 2.31. The Hall–Kier alpha value is -0.470. The molecule has 0 heterocycles. The summed E-state index contributed by atoms with van der Waals surface area (Å²) in [6.45, 7) is 2.19. The maximum atomic E-state index is 3.50. The first-order chi connectivity index (χ1) is 7.38.